The lowest BCUT2D eigenvalue weighted by Crippen LogP contribution is -2.29. The van der Waals surface area contributed by atoms with Crippen molar-refractivity contribution in [1.82, 2.24) is 5.32 Å². The zero-order valence-corrected chi connectivity index (χ0v) is 12.3. The molecule has 0 heterocycles. The Morgan fingerprint density at radius 2 is 1.91 bits per heavy atom. The molecular weight excluding hydrogens is 285 g/mol. The van der Waals surface area contributed by atoms with E-state index in [2.05, 4.69) is 5.32 Å². The van der Waals surface area contributed by atoms with Crippen LogP contribution >= 0.6 is 0 Å². The SMILES string of the molecule is O=C(O)c1ccc(C(=O)NC2CC2C2CCCCC2)c(F)c1. The Morgan fingerprint density at radius 1 is 1.18 bits per heavy atom. The van der Waals surface area contributed by atoms with Crippen molar-refractivity contribution in [3.05, 3.63) is 35.1 Å². The van der Waals surface area contributed by atoms with E-state index in [9.17, 15) is 14.0 Å². The average Bonchev–Trinajstić information content (AvgIpc) is 3.27. The largest absolute Gasteiger partial charge is 0.478 e. The van der Waals surface area contributed by atoms with Gasteiger partial charge in [0.15, 0.2) is 0 Å². The summed E-state index contributed by atoms with van der Waals surface area (Å²) in [5.41, 5.74) is -0.236. The van der Waals surface area contributed by atoms with Crippen molar-refractivity contribution in [2.45, 2.75) is 44.6 Å². The molecule has 0 aromatic heterocycles. The molecule has 1 aromatic rings. The summed E-state index contributed by atoms with van der Waals surface area (Å²) in [5, 5.41) is 11.7. The van der Waals surface area contributed by atoms with Crippen LogP contribution in [-0.4, -0.2) is 23.0 Å². The Balaban J connectivity index is 1.60. The van der Waals surface area contributed by atoms with Crippen molar-refractivity contribution in [2.24, 2.45) is 11.8 Å². The minimum atomic E-state index is -1.20. The molecule has 0 radical (unpaired) electrons. The number of carboxylic acids is 1. The first-order chi connectivity index (χ1) is 10.6. The van der Waals surface area contributed by atoms with E-state index < -0.39 is 17.7 Å². The van der Waals surface area contributed by atoms with Crippen molar-refractivity contribution in [3.8, 4) is 0 Å². The first-order valence-corrected chi connectivity index (χ1v) is 7.90. The van der Waals surface area contributed by atoms with Crippen LogP contribution in [0.25, 0.3) is 0 Å². The Morgan fingerprint density at radius 3 is 2.55 bits per heavy atom. The van der Waals surface area contributed by atoms with Crippen molar-refractivity contribution in [3.63, 3.8) is 0 Å². The third kappa shape index (κ3) is 3.13. The number of hydrogen-bond donors (Lipinski definition) is 2. The molecule has 0 spiro atoms. The minimum absolute atomic E-state index is 0.0840. The fraction of sp³-hybridized carbons (Fsp3) is 0.529. The van der Waals surface area contributed by atoms with E-state index in [1.165, 1.54) is 44.2 Å². The summed E-state index contributed by atoms with van der Waals surface area (Å²) in [4.78, 5) is 22.9. The number of rotatable bonds is 4. The molecule has 2 atom stereocenters. The van der Waals surface area contributed by atoms with E-state index in [0.717, 1.165) is 12.5 Å². The van der Waals surface area contributed by atoms with E-state index in [4.69, 9.17) is 5.11 Å². The minimum Gasteiger partial charge on any atom is -0.478 e. The number of nitrogens with one attached hydrogen (secondary N) is 1. The summed E-state index contributed by atoms with van der Waals surface area (Å²) in [6.07, 6.45) is 7.30. The topological polar surface area (TPSA) is 66.4 Å². The fourth-order valence-electron chi connectivity index (χ4n) is 3.54. The summed E-state index contributed by atoms with van der Waals surface area (Å²) in [5.74, 6) is -1.21. The molecule has 2 N–H and O–H groups in total. The molecule has 1 amide bonds. The monoisotopic (exact) mass is 305 g/mol. The summed E-state index contributed by atoms with van der Waals surface area (Å²) >= 11 is 0. The van der Waals surface area contributed by atoms with Crippen LogP contribution in [0.3, 0.4) is 0 Å². The van der Waals surface area contributed by atoms with E-state index in [1.54, 1.807) is 0 Å². The van der Waals surface area contributed by atoms with Crippen LogP contribution in [0.5, 0.6) is 0 Å². The molecule has 0 bridgehead atoms. The number of aromatic carboxylic acids is 1. The number of carbonyl (C=O) groups is 2. The van der Waals surface area contributed by atoms with E-state index in [0.29, 0.717) is 11.8 Å². The lowest BCUT2D eigenvalue weighted by atomic mass is 9.85. The van der Waals surface area contributed by atoms with Gasteiger partial charge in [-0.1, -0.05) is 32.1 Å². The molecule has 2 aliphatic carbocycles. The second-order valence-electron chi connectivity index (χ2n) is 6.38. The first kappa shape index (κ1) is 15.0. The summed E-state index contributed by atoms with van der Waals surface area (Å²) in [7, 11) is 0. The van der Waals surface area contributed by atoms with Gasteiger partial charge in [-0.05, 0) is 36.5 Å². The van der Waals surface area contributed by atoms with Crippen molar-refractivity contribution < 1.29 is 19.1 Å². The second kappa shape index (κ2) is 6.07. The van der Waals surface area contributed by atoms with Crippen LogP contribution in [0, 0.1) is 17.7 Å². The molecule has 2 aliphatic rings. The van der Waals surface area contributed by atoms with Gasteiger partial charge >= 0.3 is 5.97 Å². The van der Waals surface area contributed by atoms with Gasteiger partial charge in [-0.3, -0.25) is 4.79 Å². The normalized spacial score (nSPS) is 24.8. The Hall–Kier alpha value is -1.91. The lowest BCUT2D eigenvalue weighted by Gasteiger charge is -2.21. The maximum atomic E-state index is 13.9. The van der Waals surface area contributed by atoms with Gasteiger partial charge in [0, 0.05) is 6.04 Å². The van der Waals surface area contributed by atoms with Gasteiger partial charge in [0.05, 0.1) is 11.1 Å². The molecule has 118 valence electrons. The van der Waals surface area contributed by atoms with Crippen molar-refractivity contribution >= 4 is 11.9 Å². The molecule has 3 rings (SSSR count). The fourth-order valence-corrected chi connectivity index (χ4v) is 3.54. The van der Waals surface area contributed by atoms with Crippen LogP contribution in [0.4, 0.5) is 4.39 Å². The van der Waals surface area contributed by atoms with Crippen LogP contribution in [0.2, 0.25) is 0 Å². The van der Waals surface area contributed by atoms with Crippen LogP contribution in [0.1, 0.15) is 59.2 Å². The number of amides is 1. The highest BCUT2D eigenvalue weighted by atomic mass is 19.1. The van der Waals surface area contributed by atoms with Gasteiger partial charge in [-0.2, -0.15) is 0 Å². The number of benzene rings is 1. The Kier molecular flexibility index (Phi) is 4.14. The maximum absolute atomic E-state index is 13.9. The third-order valence-electron chi connectivity index (χ3n) is 4.87. The average molecular weight is 305 g/mol. The van der Waals surface area contributed by atoms with Gasteiger partial charge in [0.25, 0.3) is 5.91 Å². The van der Waals surface area contributed by atoms with E-state index >= 15 is 0 Å². The highest BCUT2D eigenvalue weighted by Gasteiger charge is 2.43. The lowest BCUT2D eigenvalue weighted by molar-refractivity contribution is 0.0695. The molecule has 0 aliphatic heterocycles. The number of hydrogen-bond acceptors (Lipinski definition) is 2. The van der Waals surface area contributed by atoms with Crippen molar-refractivity contribution in [1.29, 1.82) is 0 Å². The Labute approximate surface area is 128 Å². The summed E-state index contributed by atoms with van der Waals surface area (Å²) in [6, 6.07) is 3.54. The molecule has 0 saturated heterocycles. The molecule has 5 heteroatoms. The highest BCUT2D eigenvalue weighted by molar-refractivity contribution is 5.96. The van der Waals surface area contributed by atoms with Gasteiger partial charge < -0.3 is 10.4 Å². The molecule has 2 unspecified atom stereocenters. The zero-order chi connectivity index (χ0) is 15.7. The molecule has 22 heavy (non-hydrogen) atoms. The van der Waals surface area contributed by atoms with Crippen LogP contribution in [-0.2, 0) is 0 Å². The molecule has 2 fully saturated rings. The van der Waals surface area contributed by atoms with Gasteiger partial charge in [0.1, 0.15) is 5.82 Å². The zero-order valence-electron chi connectivity index (χ0n) is 12.3. The van der Waals surface area contributed by atoms with Crippen LogP contribution < -0.4 is 5.32 Å². The van der Waals surface area contributed by atoms with Gasteiger partial charge in [-0.25, -0.2) is 9.18 Å². The molecule has 2 saturated carbocycles. The number of carbonyl (C=O) groups excluding carboxylic acids is 1. The van der Waals surface area contributed by atoms with Gasteiger partial charge in [0.2, 0.25) is 0 Å². The predicted molar refractivity (Wildman–Crippen MR) is 79.3 cm³/mol. The molecular formula is C17H20FNO3. The molecule has 1 aromatic carbocycles. The first-order valence-electron chi connectivity index (χ1n) is 7.90. The Bertz CT molecular complexity index is 596. The summed E-state index contributed by atoms with van der Waals surface area (Å²) in [6.45, 7) is 0. The highest BCUT2D eigenvalue weighted by Crippen LogP contribution is 2.44. The van der Waals surface area contributed by atoms with Gasteiger partial charge in [-0.15, -0.1) is 0 Å². The quantitative estimate of drug-likeness (QED) is 0.897. The smallest absolute Gasteiger partial charge is 0.335 e. The standard InChI is InChI=1S/C17H20FNO3/c18-14-8-11(17(21)22)6-7-12(14)16(20)19-15-9-13(15)10-4-2-1-3-5-10/h6-8,10,13,15H,1-5,9H2,(H,19,20)(H,21,22). The predicted octanol–water partition coefficient (Wildman–Crippen LogP) is 3.22. The van der Waals surface area contributed by atoms with Crippen LogP contribution in [0.15, 0.2) is 18.2 Å². The van der Waals surface area contributed by atoms with E-state index in [-0.39, 0.29) is 17.2 Å². The maximum Gasteiger partial charge on any atom is 0.335 e. The molecule has 4 nitrogen and oxygen atoms in total. The van der Waals surface area contributed by atoms with Crippen molar-refractivity contribution in [2.75, 3.05) is 0 Å². The number of carboxylic acid groups (broad SMARTS) is 1. The van der Waals surface area contributed by atoms with E-state index in [1.807, 2.05) is 0 Å². The third-order valence-corrected chi connectivity index (χ3v) is 4.87. The second-order valence-corrected chi connectivity index (χ2v) is 6.38. The summed E-state index contributed by atoms with van der Waals surface area (Å²) < 4.78 is 13.9. The number of halogens is 1.